The van der Waals surface area contributed by atoms with Gasteiger partial charge in [0.05, 0.1) is 12.5 Å². The molecule has 0 saturated carbocycles. The van der Waals surface area contributed by atoms with Crippen LogP contribution in [0.3, 0.4) is 0 Å². The second-order valence-corrected chi connectivity index (χ2v) is 8.29. The molecule has 0 spiro atoms. The number of amides is 4. The zero-order valence-electron chi connectivity index (χ0n) is 20.3. The van der Waals surface area contributed by atoms with Gasteiger partial charge in [-0.2, -0.15) is 0 Å². The summed E-state index contributed by atoms with van der Waals surface area (Å²) in [7, 11) is 0. The SMILES string of the molecule is CC(NC(=O)C(Cc1ccc(O)cc1)NC(=O)C(N)CC(N)=O)C(=O)NC(CCCN=C(N)N)C(=O)O. The topological polar surface area (TPSA) is 278 Å². The van der Waals surface area contributed by atoms with Gasteiger partial charge in [-0.15, -0.1) is 0 Å². The lowest BCUT2D eigenvalue weighted by Crippen LogP contribution is -2.57. The molecule has 37 heavy (non-hydrogen) atoms. The third-order valence-corrected chi connectivity index (χ3v) is 5.08. The number of rotatable bonds is 15. The van der Waals surface area contributed by atoms with Crippen LogP contribution in [0, 0.1) is 0 Å². The Hall–Kier alpha value is -4.40. The molecule has 4 atom stereocenters. The minimum Gasteiger partial charge on any atom is -0.508 e. The van der Waals surface area contributed by atoms with Crippen molar-refractivity contribution in [1.29, 1.82) is 0 Å². The van der Waals surface area contributed by atoms with E-state index in [2.05, 4.69) is 20.9 Å². The Morgan fingerprint density at radius 3 is 2.05 bits per heavy atom. The van der Waals surface area contributed by atoms with Crippen LogP contribution >= 0.6 is 0 Å². The number of carbonyl (C=O) groups excluding carboxylic acids is 4. The van der Waals surface area contributed by atoms with Crippen LogP contribution in [0.15, 0.2) is 29.3 Å². The van der Waals surface area contributed by atoms with Crippen LogP contribution in [-0.4, -0.2) is 76.5 Å². The molecule has 4 amide bonds. The monoisotopic (exact) mass is 522 g/mol. The van der Waals surface area contributed by atoms with Gasteiger partial charge in [-0.05, 0) is 37.5 Å². The van der Waals surface area contributed by atoms with Gasteiger partial charge in [-0.25, -0.2) is 4.79 Å². The number of nitrogens with two attached hydrogens (primary N) is 4. The molecule has 204 valence electrons. The predicted molar refractivity (Wildman–Crippen MR) is 133 cm³/mol. The molecule has 0 aliphatic carbocycles. The zero-order valence-corrected chi connectivity index (χ0v) is 20.3. The lowest BCUT2D eigenvalue weighted by Gasteiger charge is -2.23. The van der Waals surface area contributed by atoms with Crippen LogP contribution in [-0.2, 0) is 30.4 Å². The number of aliphatic imine (C=N–C) groups is 1. The van der Waals surface area contributed by atoms with Gasteiger partial charge in [-0.1, -0.05) is 12.1 Å². The number of aromatic hydroxyl groups is 1. The fraction of sp³-hybridized carbons (Fsp3) is 0.455. The number of guanidine groups is 1. The van der Waals surface area contributed by atoms with Crippen molar-refractivity contribution >= 4 is 35.6 Å². The molecule has 0 radical (unpaired) electrons. The lowest BCUT2D eigenvalue weighted by molar-refractivity contribution is -0.142. The molecule has 0 aliphatic rings. The first kappa shape index (κ1) is 30.6. The number of hydrogen-bond acceptors (Lipinski definition) is 8. The highest BCUT2D eigenvalue weighted by molar-refractivity contribution is 5.95. The molecule has 4 unspecified atom stereocenters. The molecule has 0 aliphatic heterocycles. The summed E-state index contributed by atoms with van der Waals surface area (Å²) in [6, 6.07) is 0.887. The summed E-state index contributed by atoms with van der Waals surface area (Å²) < 4.78 is 0. The summed E-state index contributed by atoms with van der Waals surface area (Å²) >= 11 is 0. The van der Waals surface area contributed by atoms with Crippen LogP contribution in [0.25, 0.3) is 0 Å². The van der Waals surface area contributed by atoms with Gasteiger partial charge >= 0.3 is 5.97 Å². The van der Waals surface area contributed by atoms with E-state index in [0.717, 1.165) is 0 Å². The molecule has 0 saturated heterocycles. The number of carboxylic acid groups (broad SMARTS) is 1. The summed E-state index contributed by atoms with van der Waals surface area (Å²) in [6.45, 7) is 1.51. The van der Waals surface area contributed by atoms with E-state index in [1.165, 1.54) is 31.2 Å². The van der Waals surface area contributed by atoms with Crippen molar-refractivity contribution < 1.29 is 34.2 Å². The quantitative estimate of drug-likeness (QED) is 0.0630. The van der Waals surface area contributed by atoms with Crippen LogP contribution < -0.4 is 38.9 Å². The third kappa shape index (κ3) is 11.7. The Morgan fingerprint density at radius 2 is 1.51 bits per heavy atom. The van der Waals surface area contributed by atoms with E-state index in [-0.39, 0.29) is 37.5 Å². The molecular formula is C22H34N8O7. The van der Waals surface area contributed by atoms with E-state index in [9.17, 15) is 34.2 Å². The normalized spacial score (nSPS) is 13.8. The Bertz CT molecular complexity index is 995. The number of benzene rings is 1. The molecule has 15 heteroatoms. The van der Waals surface area contributed by atoms with Crippen LogP contribution in [0.1, 0.15) is 31.7 Å². The van der Waals surface area contributed by atoms with Crippen molar-refractivity contribution in [3.63, 3.8) is 0 Å². The number of primary amides is 1. The maximum Gasteiger partial charge on any atom is 0.326 e. The van der Waals surface area contributed by atoms with E-state index in [1.54, 1.807) is 0 Å². The summed E-state index contributed by atoms with van der Waals surface area (Å²) in [4.78, 5) is 64.3. The second kappa shape index (κ2) is 14.9. The highest BCUT2D eigenvalue weighted by atomic mass is 16.4. The minimum atomic E-state index is -1.30. The molecule has 13 N–H and O–H groups in total. The largest absolute Gasteiger partial charge is 0.508 e. The molecule has 1 aromatic carbocycles. The van der Waals surface area contributed by atoms with Gasteiger partial charge < -0.3 is 49.1 Å². The Morgan fingerprint density at radius 1 is 0.919 bits per heavy atom. The maximum atomic E-state index is 13.0. The van der Waals surface area contributed by atoms with Gasteiger partial charge in [0.2, 0.25) is 23.6 Å². The fourth-order valence-electron chi connectivity index (χ4n) is 3.10. The van der Waals surface area contributed by atoms with Crippen molar-refractivity contribution in [2.75, 3.05) is 6.54 Å². The van der Waals surface area contributed by atoms with E-state index < -0.39 is 60.2 Å². The molecule has 1 aromatic rings. The smallest absolute Gasteiger partial charge is 0.326 e. The number of carbonyl (C=O) groups is 5. The first-order chi connectivity index (χ1) is 17.3. The van der Waals surface area contributed by atoms with Gasteiger partial charge in [0, 0.05) is 13.0 Å². The Balaban J connectivity index is 2.89. The number of phenolic OH excluding ortho intramolecular Hbond substituents is 1. The first-order valence-electron chi connectivity index (χ1n) is 11.3. The fourth-order valence-corrected chi connectivity index (χ4v) is 3.10. The number of carboxylic acids is 1. The number of nitrogens with one attached hydrogen (secondary N) is 3. The number of hydrogen-bond donors (Lipinski definition) is 9. The van der Waals surface area contributed by atoms with E-state index in [1.807, 2.05) is 0 Å². The van der Waals surface area contributed by atoms with Gasteiger partial charge in [0.15, 0.2) is 5.96 Å². The van der Waals surface area contributed by atoms with E-state index in [4.69, 9.17) is 22.9 Å². The summed E-state index contributed by atoms with van der Waals surface area (Å²) in [6.07, 6.45) is -0.173. The van der Waals surface area contributed by atoms with Crippen LogP contribution in [0.4, 0.5) is 0 Å². The first-order valence-corrected chi connectivity index (χ1v) is 11.3. The number of phenols is 1. The van der Waals surface area contributed by atoms with E-state index in [0.29, 0.717) is 5.56 Å². The number of nitrogens with zero attached hydrogens (tertiary/aromatic N) is 1. The maximum absolute atomic E-state index is 13.0. The standard InChI is InChI=1S/C22H34N8O7/c1-11(18(33)29-15(21(36)37)3-2-8-27-22(25)26)28-20(35)16(9-12-4-6-13(31)7-5-12)30-19(34)14(23)10-17(24)32/h4-7,11,14-16,31H,2-3,8-10,23H2,1H3,(H2,24,32)(H,28,35)(H,29,33)(H,30,34)(H,36,37)(H4,25,26,27). The molecular weight excluding hydrogens is 488 g/mol. The highest BCUT2D eigenvalue weighted by Crippen LogP contribution is 2.12. The summed E-state index contributed by atoms with van der Waals surface area (Å²) in [5, 5.41) is 26.0. The van der Waals surface area contributed by atoms with Crippen LogP contribution in [0.2, 0.25) is 0 Å². The molecule has 0 aromatic heterocycles. The molecule has 0 heterocycles. The van der Waals surface area contributed by atoms with Gasteiger partial charge in [-0.3, -0.25) is 24.2 Å². The molecule has 1 rings (SSSR count). The second-order valence-electron chi connectivity index (χ2n) is 8.29. The Kier molecular flexibility index (Phi) is 12.3. The van der Waals surface area contributed by atoms with Crippen molar-refractivity contribution in [3.8, 4) is 5.75 Å². The average molecular weight is 523 g/mol. The lowest BCUT2D eigenvalue weighted by atomic mass is 10.0. The van der Waals surface area contributed by atoms with Crippen molar-refractivity contribution in [2.24, 2.45) is 27.9 Å². The van der Waals surface area contributed by atoms with Gasteiger partial charge in [0.1, 0.15) is 23.9 Å². The molecule has 0 fully saturated rings. The summed E-state index contributed by atoms with van der Waals surface area (Å²) in [5.74, 6) is -4.60. The molecule has 0 bridgehead atoms. The van der Waals surface area contributed by atoms with Crippen molar-refractivity contribution in [2.45, 2.75) is 56.8 Å². The third-order valence-electron chi connectivity index (χ3n) is 5.08. The van der Waals surface area contributed by atoms with Crippen LogP contribution in [0.5, 0.6) is 5.75 Å². The molecule has 15 nitrogen and oxygen atoms in total. The van der Waals surface area contributed by atoms with E-state index >= 15 is 0 Å². The minimum absolute atomic E-state index is 0.00570. The van der Waals surface area contributed by atoms with Crippen molar-refractivity contribution in [1.82, 2.24) is 16.0 Å². The van der Waals surface area contributed by atoms with Crippen molar-refractivity contribution in [3.05, 3.63) is 29.8 Å². The number of aliphatic carboxylic acids is 1. The Labute approximate surface area is 213 Å². The predicted octanol–water partition coefficient (Wildman–Crippen LogP) is -3.25. The van der Waals surface area contributed by atoms with Gasteiger partial charge in [0.25, 0.3) is 0 Å². The summed E-state index contributed by atoms with van der Waals surface area (Å²) in [5.41, 5.74) is 21.7. The average Bonchev–Trinajstić information content (AvgIpc) is 2.80. The zero-order chi connectivity index (χ0) is 28.1. The highest BCUT2D eigenvalue weighted by Gasteiger charge is 2.28.